The van der Waals surface area contributed by atoms with Gasteiger partial charge in [-0.1, -0.05) is 6.42 Å². The molecule has 0 bridgehead atoms. The fourth-order valence-electron chi connectivity index (χ4n) is 2.07. The molecule has 0 amide bonds. The van der Waals surface area contributed by atoms with Crippen molar-refractivity contribution in [3.8, 4) is 0 Å². The molecule has 0 unspecified atom stereocenters. The van der Waals surface area contributed by atoms with Gasteiger partial charge in [0, 0.05) is 11.5 Å². The van der Waals surface area contributed by atoms with Crippen molar-refractivity contribution in [1.29, 1.82) is 0 Å². The molecule has 1 aliphatic rings. The molecule has 0 aromatic carbocycles. The van der Waals surface area contributed by atoms with Gasteiger partial charge in [-0.25, -0.2) is 4.98 Å². The second kappa shape index (κ2) is 4.65. The highest BCUT2D eigenvalue weighted by Gasteiger charge is 2.25. The minimum atomic E-state index is -0.0946. The standard InChI is InChI=1S/C11H18N4O/c12-6-2-5-8-9(7-3-1-4-7)14-11(13)15-10(8)16/h7H,1-6,12H2,(H3,13,14,15,16). The van der Waals surface area contributed by atoms with E-state index < -0.39 is 0 Å². The molecule has 5 nitrogen and oxygen atoms in total. The Bertz CT molecular complexity index is 422. The zero-order valence-corrected chi connectivity index (χ0v) is 9.33. The summed E-state index contributed by atoms with van der Waals surface area (Å²) in [5.74, 6) is 0.653. The SMILES string of the molecule is NCCCc1c(C2CCC2)nc(N)[nH]c1=O. The van der Waals surface area contributed by atoms with Crippen LogP contribution in [-0.2, 0) is 6.42 Å². The average Bonchev–Trinajstić information content (AvgIpc) is 2.13. The summed E-state index contributed by atoms with van der Waals surface area (Å²) in [5, 5.41) is 0. The number of aromatic nitrogens is 2. The Kier molecular flexibility index (Phi) is 3.24. The van der Waals surface area contributed by atoms with Gasteiger partial charge >= 0.3 is 0 Å². The Morgan fingerprint density at radius 1 is 1.44 bits per heavy atom. The highest BCUT2D eigenvalue weighted by Crippen LogP contribution is 2.36. The molecule has 0 atom stereocenters. The molecular formula is C11H18N4O. The summed E-state index contributed by atoms with van der Waals surface area (Å²) in [6, 6.07) is 0. The van der Waals surface area contributed by atoms with Gasteiger partial charge in [-0.05, 0) is 32.2 Å². The summed E-state index contributed by atoms with van der Waals surface area (Å²) in [5.41, 5.74) is 12.6. The van der Waals surface area contributed by atoms with Crippen LogP contribution in [0.2, 0.25) is 0 Å². The van der Waals surface area contributed by atoms with E-state index in [1.54, 1.807) is 0 Å². The predicted molar refractivity (Wildman–Crippen MR) is 63.2 cm³/mol. The summed E-state index contributed by atoms with van der Waals surface area (Å²) in [7, 11) is 0. The molecule has 0 saturated heterocycles. The smallest absolute Gasteiger partial charge is 0.255 e. The molecule has 1 aliphatic carbocycles. The molecule has 88 valence electrons. The molecular weight excluding hydrogens is 204 g/mol. The third-order valence-corrected chi connectivity index (χ3v) is 3.19. The van der Waals surface area contributed by atoms with Crippen molar-refractivity contribution in [3.05, 3.63) is 21.6 Å². The molecule has 0 aliphatic heterocycles. The summed E-state index contributed by atoms with van der Waals surface area (Å²) >= 11 is 0. The lowest BCUT2D eigenvalue weighted by Crippen LogP contribution is -2.24. The summed E-state index contributed by atoms with van der Waals surface area (Å²) in [4.78, 5) is 18.6. The molecule has 1 aromatic rings. The first kappa shape index (κ1) is 11.1. The molecule has 2 rings (SSSR count). The molecule has 16 heavy (non-hydrogen) atoms. The Morgan fingerprint density at radius 3 is 2.75 bits per heavy atom. The lowest BCUT2D eigenvalue weighted by molar-refractivity contribution is 0.407. The number of aromatic amines is 1. The number of nitrogen functional groups attached to an aromatic ring is 1. The maximum atomic E-state index is 11.8. The van der Waals surface area contributed by atoms with Crippen molar-refractivity contribution in [2.75, 3.05) is 12.3 Å². The highest BCUT2D eigenvalue weighted by atomic mass is 16.1. The van der Waals surface area contributed by atoms with Gasteiger partial charge in [0.1, 0.15) is 0 Å². The van der Waals surface area contributed by atoms with Crippen LogP contribution in [0.4, 0.5) is 5.95 Å². The van der Waals surface area contributed by atoms with Gasteiger partial charge < -0.3 is 11.5 Å². The normalized spacial score (nSPS) is 16.1. The number of nitrogens with one attached hydrogen (secondary N) is 1. The van der Waals surface area contributed by atoms with Gasteiger partial charge in [0.15, 0.2) is 0 Å². The van der Waals surface area contributed by atoms with Crippen molar-refractivity contribution in [3.63, 3.8) is 0 Å². The van der Waals surface area contributed by atoms with Gasteiger partial charge in [-0.15, -0.1) is 0 Å². The van der Waals surface area contributed by atoms with E-state index in [4.69, 9.17) is 11.5 Å². The van der Waals surface area contributed by atoms with Crippen LogP contribution in [0.15, 0.2) is 4.79 Å². The van der Waals surface area contributed by atoms with E-state index in [1.165, 1.54) is 6.42 Å². The Hall–Kier alpha value is -1.36. The van der Waals surface area contributed by atoms with Crippen LogP contribution in [0.1, 0.15) is 42.9 Å². The number of H-pyrrole nitrogens is 1. The van der Waals surface area contributed by atoms with Gasteiger partial charge in [0.2, 0.25) is 5.95 Å². The molecule has 1 fully saturated rings. The van der Waals surface area contributed by atoms with Gasteiger partial charge in [-0.3, -0.25) is 9.78 Å². The van der Waals surface area contributed by atoms with Crippen molar-refractivity contribution < 1.29 is 0 Å². The minimum Gasteiger partial charge on any atom is -0.369 e. The fraction of sp³-hybridized carbons (Fsp3) is 0.636. The highest BCUT2D eigenvalue weighted by molar-refractivity contribution is 5.29. The maximum Gasteiger partial charge on any atom is 0.255 e. The van der Waals surface area contributed by atoms with Crippen molar-refractivity contribution in [2.45, 2.75) is 38.0 Å². The topological polar surface area (TPSA) is 97.8 Å². The molecule has 1 aromatic heterocycles. The second-order valence-electron chi connectivity index (χ2n) is 4.34. The number of nitrogens with zero attached hydrogens (tertiary/aromatic N) is 1. The Morgan fingerprint density at radius 2 is 2.19 bits per heavy atom. The van der Waals surface area contributed by atoms with Crippen LogP contribution in [0.25, 0.3) is 0 Å². The molecule has 1 saturated carbocycles. The predicted octanol–water partition coefficient (Wildman–Crippen LogP) is 0.511. The van der Waals surface area contributed by atoms with Crippen LogP contribution in [0.3, 0.4) is 0 Å². The number of hydrogen-bond acceptors (Lipinski definition) is 4. The average molecular weight is 222 g/mol. The third kappa shape index (κ3) is 2.09. The number of rotatable bonds is 4. The third-order valence-electron chi connectivity index (χ3n) is 3.19. The van der Waals surface area contributed by atoms with Crippen molar-refractivity contribution in [2.24, 2.45) is 5.73 Å². The first-order chi connectivity index (χ1) is 7.72. The van der Waals surface area contributed by atoms with E-state index in [1.807, 2.05) is 0 Å². The lowest BCUT2D eigenvalue weighted by Gasteiger charge is -2.26. The molecule has 5 heteroatoms. The molecule has 5 N–H and O–H groups in total. The van der Waals surface area contributed by atoms with E-state index >= 15 is 0 Å². The van der Waals surface area contributed by atoms with Crippen LogP contribution >= 0.6 is 0 Å². The zero-order valence-electron chi connectivity index (χ0n) is 9.33. The lowest BCUT2D eigenvalue weighted by atomic mass is 9.80. The summed E-state index contributed by atoms with van der Waals surface area (Å²) in [6.07, 6.45) is 4.96. The Balaban J connectivity index is 2.34. The van der Waals surface area contributed by atoms with Gasteiger partial charge in [0.25, 0.3) is 5.56 Å². The van der Waals surface area contributed by atoms with E-state index in [0.717, 1.165) is 30.5 Å². The summed E-state index contributed by atoms with van der Waals surface area (Å²) < 4.78 is 0. The van der Waals surface area contributed by atoms with Crippen molar-refractivity contribution >= 4 is 5.95 Å². The van der Waals surface area contributed by atoms with Gasteiger partial charge in [-0.2, -0.15) is 0 Å². The van der Waals surface area contributed by atoms with E-state index in [0.29, 0.717) is 18.9 Å². The van der Waals surface area contributed by atoms with Gasteiger partial charge in [0.05, 0.1) is 5.69 Å². The van der Waals surface area contributed by atoms with Crippen LogP contribution in [0, 0.1) is 0 Å². The number of anilines is 1. The summed E-state index contributed by atoms with van der Waals surface area (Å²) in [6.45, 7) is 0.591. The minimum absolute atomic E-state index is 0.0946. The number of nitrogens with two attached hydrogens (primary N) is 2. The molecule has 1 heterocycles. The Labute approximate surface area is 94.3 Å². The monoisotopic (exact) mass is 222 g/mol. The largest absolute Gasteiger partial charge is 0.369 e. The first-order valence-corrected chi connectivity index (χ1v) is 5.81. The van der Waals surface area contributed by atoms with Crippen molar-refractivity contribution in [1.82, 2.24) is 9.97 Å². The molecule has 0 spiro atoms. The van der Waals surface area contributed by atoms with E-state index in [9.17, 15) is 4.79 Å². The number of hydrogen-bond donors (Lipinski definition) is 3. The van der Waals surface area contributed by atoms with Crippen LogP contribution in [-0.4, -0.2) is 16.5 Å². The zero-order chi connectivity index (χ0) is 11.5. The van der Waals surface area contributed by atoms with E-state index in [-0.39, 0.29) is 11.5 Å². The molecule has 0 radical (unpaired) electrons. The van der Waals surface area contributed by atoms with Crippen LogP contribution < -0.4 is 17.0 Å². The second-order valence-corrected chi connectivity index (χ2v) is 4.34. The van der Waals surface area contributed by atoms with E-state index in [2.05, 4.69) is 9.97 Å². The maximum absolute atomic E-state index is 11.8. The van der Waals surface area contributed by atoms with Crippen LogP contribution in [0.5, 0.6) is 0 Å². The fourth-order valence-corrected chi connectivity index (χ4v) is 2.07. The quantitative estimate of drug-likeness (QED) is 0.691. The first-order valence-electron chi connectivity index (χ1n) is 5.81.